The van der Waals surface area contributed by atoms with E-state index in [1.165, 1.54) is 29.0 Å². The quantitative estimate of drug-likeness (QED) is 0.346. The summed E-state index contributed by atoms with van der Waals surface area (Å²) in [5.74, 6) is 0.0916. The fourth-order valence-corrected chi connectivity index (χ4v) is 7.13. The molecular weight excluding hydrogens is 444 g/mol. The first-order valence-corrected chi connectivity index (χ1v) is 13.0. The first-order chi connectivity index (χ1) is 14.8. The number of hydrogen-bond acceptors (Lipinski definition) is 9. The van der Waals surface area contributed by atoms with E-state index in [0.717, 1.165) is 19.3 Å². The highest BCUT2D eigenvalue weighted by Gasteiger charge is 2.56. The van der Waals surface area contributed by atoms with E-state index in [2.05, 4.69) is 4.98 Å². The van der Waals surface area contributed by atoms with Gasteiger partial charge in [0.25, 0.3) is 5.56 Å². The number of unbranched alkanes of at least 4 members (excludes halogenated alkanes) is 1. The highest BCUT2D eigenvalue weighted by atomic mass is 33.1. The van der Waals surface area contributed by atoms with Crippen molar-refractivity contribution in [2.45, 2.75) is 81.5 Å². The van der Waals surface area contributed by atoms with Gasteiger partial charge in [0.2, 0.25) is 0 Å². The van der Waals surface area contributed by atoms with Crippen LogP contribution in [0.4, 0.5) is 0 Å². The van der Waals surface area contributed by atoms with Crippen LogP contribution in [0.1, 0.15) is 52.2 Å². The maximum Gasteiger partial charge on any atom is 0.330 e. The summed E-state index contributed by atoms with van der Waals surface area (Å²) in [4.78, 5) is 38.0. The second-order valence-electron chi connectivity index (χ2n) is 8.40. The average molecular weight is 473 g/mol. The van der Waals surface area contributed by atoms with Crippen LogP contribution in [0.25, 0.3) is 0 Å². The SMILES string of the molecule is CC1(C)O[C@@H]2[C@H](O1)[C@@H](COC(=O)CCCCC1CCSS1)O[C@H]2n1ccc(=O)[nH]c1=O. The van der Waals surface area contributed by atoms with Gasteiger partial charge in [-0.1, -0.05) is 28.0 Å². The van der Waals surface area contributed by atoms with Crippen molar-refractivity contribution in [2.24, 2.45) is 0 Å². The molecule has 0 saturated carbocycles. The molecule has 3 aliphatic heterocycles. The van der Waals surface area contributed by atoms with Crippen LogP contribution in [0.5, 0.6) is 0 Å². The van der Waals surface area contributed by atoms with Gasteiger partial charge < -0.3 is 18.9 Å². The molecular formula is C20H28N2O7S2. The van der Waals surface area contributed by atoms with Crippen molar-refractivity contribution in [3.63, 3.8) is 0 Å². The number of aromatic nitrogens is 2. The van der Waals surface area contributed by atoms with Crippen LogP contribution in [-0.4, -0.2) is 57.2 Å². The number of H-pyrrole nitrogens is 1. The maximum absolute atomic E-state index is 12.2. The molecule has 0 aliphatic carbocycles. The van der Waals surface area contributed by atoms with E-state index in [-0.39, 0.29) is 12.6 Å². The second kappa shape index (κ2) is 9.70. The summed E-state index contributed by atoms with van der Waals surface area (Å²) in [6, 6.07) is 1.25. The molecule has 1 unspecified atom stereocenters. The predicted octanol–water partition coefficient (Wildman–Crippen LogP) is 2.21. The zero-order chi connectivity index (χ0) is 22.0. The number of carbonyl (C=O) groups is 1. The molecule has 0 aromatic carbocycles. The highest BCUT2D eigenvalue weighted by molar-refractivity contribution is 8.77. The minimum atomic E-state index is -0.859. The molecule has 4 heterocycles. The van der Waals surface area contributed by atoms with Crippen LogP contribution in [0.3, 0.4) is 0 Å². The zero-order valence-corrected chi connectivity index (χ0v) is 19.2. The molecule has 1 aromatic rings. The lowest BCUT2D eigenvalue weighted by Gasteiger charge is -2.24. The van der Waals surface area contributed by atoms with Crippen LogP contribution in [-0.2, 0) is 23.7 Å². The van der Waals surface area contributed by atoms with E-state index >= 15 is 0 Å². The Labute approximate surface area is 187 Å². The molecule has 0 radical (unpaired) electrons. The van der Waals surface area contributed by atoms with Gasteiger partial charge in [-0.05, 0) is 33.1 Å². The molecule has 4 rings (SSSR count). The highest BCUT2D eigenvalue weighted by Crippen LogP contribution is 2.42. The number of hydrogen-bond donors (Lipinski definition) is 1. The van der Waals surface area contributed by atoms with E-state index in [1.807, 2.05) is 21.6 Å². The van der Waals surface area contributed by atoms with Crippen molar-refractivity contribution in [1.82, 2.24) is 9.55 Å². The van der Waals surface area contributed by atoms with Crippen molar-refractivity contribution in [1.29, 1.82) is 0 Å². The number of esters is 1. The molecule has 11 heteroatoms. The molecule has 31 heavy (non-hydrogen) atoms. The third-order valence-corrected chi connectivity index (χ3v) is 8.55. The average Bonchev–Trinajstić information content (AvgIpc) is 3.40. The lowest BCUT2D eigenvalue weighted by molar-refractivity contribution is -0.203. The molecule has 1 N–H and O–H groups in total. The molecule has 3 saturated heterocycles. The smallest absolute Gasteiger partial charge is 0.330 e. The Bertz CT molecular complexity index is 896. The first kappa shape index (κ1) is 22.9. The molecule has 5 atom stereocenters. The lowest BCUT2D eigenvalue weighted by atomic mass is 10.1. The summed E-state index contributed by atoms with van der Waals surface area (Å²) in [5.41, 5.74) is -1.09. The van der Waals surface area contributed by atoms with E-state index in [9.17, 15) is 14.4 Å². The largest absolute Gasteiger partial charge is 0.463 e. The van der Waals surface area contributed by atoms with Crippen molar-refractivity contribution in [3.8, 4) is 0 Å². The summed E-state index contributed by atoms with van der Waals surface area (Å²) in [6.07, 6.45) is 3.51. The minimum Gasteiger partial charge on any atom is -0.463 e. The number of nitrogens with zero attached hydrogens (tertiary/aromatic N) is 1. The van der Waals surface area contributed by atoms with Gasteiger partial charge >= 0.3 is 11.7 Å². The van der Waals surface area contributed by atoms with E-state index in [1.54, 1.807) is 13.8 Å². The van der Waals surface area contributed by atoms with Crippen molar-refractivity contribution >= 4 is 27.6 Å². The number of rotatable bonds is 8. The van der Waals surface area contributed by atoms with Gasteiger partial charge in [-0.15, -0.1) is 0 Å². The number of carbonyl (C=O) groups excluding carboxylic acids is 1. The summed E-state index contributed by atoms with van der Waals surface area (Å²) in [7, 11) is 3.88. The molecule has 9 nitrogen and oxygen atoms in total. The molecule has 172 valence electrons. The minimum absolute atomic E-state index is 0.0170. The summed E-state index contributed by atoms with van der Waals surface area (Å²) < 4.78 is 24.6. The van der Waals surface area contributed by atoms with E-state index in [0.29, 0.717) is 11.7 Å². The summed E-state index contributed by atoms with van der Waals surface area (Å²) in [6.45, 7) is 3.58. The van der Waals surface area contributed by atoms with Gasteiger partial charge in [-0.25, -0.2) is 4.79 Å². The Morgan fingerprint density at radius 1 is 1.29 bits per heavy atom. The topological polar surface area (TPSA) is 109 Å². The fourth-order valence-electron chi connectivity index (χ4n) is 4.10. The van der Waals surface area contributed by atoms with Crippen LogP contribution >= 0.6 is 21.6 Å². The van der Waals surface area contributed by atoms with E-state index in [4.69, 9.17) is 18.9 Å². The van der Waals surface area contributed by atoms with Gasteiger partial charge in [0.15, 0.2) is 12.0 Å². The maximum atomic E-state index is 12.2. The van der Waals surface area contributed by atoms with Gasteiger partial charge in [-0.3, -0.25) is 19.1 Å². The standard InChI is InChI=1S/C20H28N2O7S2/c1-20(2)28-16-13(11-26-15(24)6-4-3-5-12-8-10-30-31-12)27-18(17(16)29-20)22-9-7-14(23)21-19(22)25/h7,9,12-13,16-18H,3-6,8,10-11H2,1-2H3,(H,21,23,25)/t12?,13-,16-,17-,18-/m1/s1. The van der Waals surface area contributed by atoms with E-state index < -0.39 is 41.6 Å². The van der Waals surface area contributed by atoms with Crippen LogP contribution < -0.4 is 11.2 Å². The number of nitrogens with one attached hydrogen (secondary N) is 1. The van der Waals surface area contributed by atoms with Crippen LogP contribution in [0.15, 0.2) is 21.9 Å². The Kier molecular flexibility index (Phi) is 7.17. The molecule has 3 fully saturated rings. The van der Waals surface area contributed by atoms with Crippen molar-refractivity contribution in [2.75, 3.05) is 12.4 Å². The lowest BCUT2D eigenvalue weighted by Crippen LogP contribution is -2.37. The van der Waals surface area contributed by atoms with Gasteiger partial charge in [0, 0.05) is 29.7 Å². The Hall–Kier alpha value is -1.27. The van der Waals surface area contributed by atoms with Crippen molar-refractivity contribution in [3.05, 3.63) is 33.1 Å². The third-order valence-electron chi connectivity index (χ3n) is 5.54. The molecule has 0 amide bonds. The molecule has 0 bridgehead atoms. The third kappa shape index (κ3) is 5.57. The Morgan fingerprint density at radius 3 is 2.84 bits per heavy atom. The van der Waals surface area contributed by atoms with Crippen molar-refractivity contribution < 1.29 is 23.7 Å². The zero-order valence-electron chi connectivity index (χ0n) is 17.6. The second-order valence-corrected chi connectivity index (χ2v) is 11.2. The monoisotopic (exact) mass is 472 g/mol. The van der Waals surface area contributed by atoms with Crippen LogP contribution in [0.2, 0.25) is 0 Å². The normalized spacial score (nSPS) is 31.6. The summed E-state index contributed by atoms with van der Waals surface area (Å²) >= 11 is 0. The molecule has 1 aromatic heterocycles. The van der Waals surface area contributed by atoms with Gasteiger partial charge in [0.05, 0.1) is 0 Å². The van der Waals surface area contributed by atoms with Gasteiger partial charge in [-0.2, -0.15) is 0 Å². The number of fused-ring (bicyclic) bond motifs is 1. The fraction of sp³-hybridized carbons (Fsp3) is 0.750. The Morgan fingerprint density at radius 2 is 2.10 bits per heavy atom. The number of aromatic amines is 1. The van der Waals surface area contributed by atoms with Gasteiger partial charge in [0.1, 0.15) is 24.9 Å². The predicted molar refractivity (Wildman–Crippen MR) is 117 cm³/mol. The summed E-state index contributed by atoms with van der Waals surface area (Å²) in [5, 5.41) is 0.709. The Balaban J connectivity index is 1.31. The number of ether oxygens (including phenoxy) is 4. The molecule has 3 aliphatic rings. The first-order valence-electron chi connectivity index (χ1n) is 10.6. The van der Waals surface area contributed by atoms with Crippen LogP contribution in [0, 0.1) is 0 Å². The molecule has 0 spiro atoms.